The van der Waals surface area contributed by atoms with Crippen molar-refractivity contribution < 1.29 is 13.9 Å². The molecule has 1 unspecified atom stereocenters. The van der Waals surface area contributed by atoms with Crippen LogP contribution in [0.3, 0.4) is 0 Å². The number of nitrogens with zero attached hydrogens (tertiary/aromatic N) is 1. The highest BCUT2D eigenvalue weighted by molar-refractivity contribution is 5.94. The normalized spacial score (nSPS) is 11.3. The molecule has 0 saturated heterocycles. The predicted molar refractivity (Wildman–Crippen MR) is 80.8 cm³/mol. The summed E-state index contributed by atoms with van der Waals surface area (Å²) in [4.78, 5) is 12.1. The molecule has 0 bridgehead atoms. The van der Waals surface area contributed by atoms with Gasteiger partial charge in [-0.25, -0.2) is 4.39 Å². The van der Waals surface area contributed by atoms with E-state index in [9.17, 15) is 14.4 Å². The second-order valence-electron chi connectivity index (χ2n) is 4.73. The zero-order valence-corrected chi connectivity index (χ0v) is 12.0. The smallest absolute Gasteiger partial charge is 0.242 e. The SMILES string of the molecule is COc1cccc(CC(C#N)C(=O)Nc2ccc(F)cc2)c1. The van der Waals surface area contributed by atoms with Gasteiger partial charge in [-0.15, -0.1) is 0 Å². The van der Waals surface area contributed by atoms with Crippen LogP contribution in [-0.2, 0) is 11.2 Å². The highest BCUT2D eigenvalue weighted by Gasteiger charge is 2.18. The van der Waals surface area contributed by atoms with Crippen LogP contribution >= 0.6 is 0 Å². The zero-order valence-electron chi connectivity index (χ0n) is 12.0. The molecular weight excluding hydrogens is 283 g/mol. The van der Waals surface area contributed by atoms with Gasteiger partial charge in [0.05, 0.1) is 13.2 Å². The maximum absolute atomic E-state index is 12.8. The third-order valence-corrected chi connectivity index (χ3v) is 3.16. The maximum atomic E-state index is 12.8. The first kappa shape index (κ1) is 15.5. The summed E-state index contributed by atoms with van der Waals surface area (Å²) in [5, 5.41) is 11.8. The molecule has 0 aliphatic rings. The Kier molecular flexibility index (Phi) is 5.10. The van der Waals surface area contributed by atoms with E-state index in [1.807, 2.05) is 12.1 Å². The highest BCUT2D eigenvalue weighted by atomic mass is 19.1. The number of nitrogens with one attached hydrogen (secondary N) is 1. The second kappa shape index (κ2) is 7.23. The summed E-state index contributed by atoms with van der Waals surface area (Å²) in [5.74, 6) is -0.964. The van der Waals surface area contributed by atoms with Gasteiger partial charge in [0, 0.05) is 5.69 Å². The van der Waals surface area contributed by atoms with Crippen LogP contribution in [0.25, 0.3) is 0 Å². The number of nitriles is 1. The quantitative estimate of drug-likeness (QED) is 0.922. The summed E-state index contributed by atoms with van der Waals surface area (Å²) in [6.45, 7) is 0. The van der Waals surface area contributed by atoms with Crippen LogP contribution in [0.2, 0.25) is 0 Å². The molecule has 0 aliphatic carbocycles. The fraction of sp³-hybridized carbons (Fsp3) is 0.176. The maximum Gasteiger partial charge on any atom is 0.242 e. The molecule has 1 N–H and O–H groups in total. The van der Waals surface area contributed by atoms with Crippen LogP contribution < -0.4 is 10.1 Å². The van der Waals surface area contributed by atoms with Gasteiger partial charge in [0.15, 0.2) is 0 Å². The van der Waals surface area contributed by atoms with Crippen LogP contribution in [-0.4, -0.2) is 13.0 Å². The number of amides is 1. The molecule has 2 aromatic rings. The van der Waals surface area contributed by atoms with Crippen molar-refractivity contribution in [1.82, 2.24) is 0 Å². The number of hydrogen-bond donors (Lipinski definition) is 1. The summed E-state index contributed by atoms with van der Waals surface area (Å²) in [7, 11) is 1.56. The number of carbonyl (C=O) groups is 1. The van der Waals surface area contributed by atoms with Crippen molar-refractivity contribution in [2.45, 2.75) is 6.42 Å². The molecular formula is C17H15FN2O2. The molecule has 4 nitrogen and oxygen atoms in total. The van der Waals surface area contributed by atoms with E-state index in [2.05, 4.69) is 5.32 Å². The lowest BCUT2D eigenvalue weighted by molar-refractivity contribution is -0.118. The van der Waals surface area contributed by atoms with Crippen molar-refractivity contribution in [1.29, 1.82) is 5.26 Å². The number of hydrogen-bond acceptors (Lipinski definition) is 3. The van der Waals surface area contributed by atoms with Crippen LogP contribution in [0, 0.1) is 23.1 Å². The van der Waals surface area contributed by atoms with E-state index in [4.69, 9.17) is 4.74 Å². The summed E-state index contributed by atoms with van der Waals surface area (Å²) >= 11 is 0. The average Bonchev–Trinajstić information content (AvgIpc) is 2.54. The van der Waals surface area contributed by atoms with Crippen molar-refractivity contribution in [3.63, 3.8) is 0 Å². The highest BCUT2D eigenvalue weighted by Crippen LogP contribution is 2.17. The molecule has 2 aromatic carbocycles. The monoisotopic (exact) mass is 298 g/mol. The largest absolute Gasteiger partial charge is 0.497 e. The average molecular weight is 298 g/mol. The number of carbonyl (C=O) groups excluding carboxylic acids is 1. The molecule has 5 heteroatoms. The van der Waals surface area contributed by atoms with E-state index in [0.29, 0.717) is 11.4 Å². The Morgan fingerprint density at radius 2 is 2.05 bits per heavy atom. The molecule has 1 atom stereocenters. The van der Waals surface area contributed by atoms with Gasteiger partial charge in [0.2, 0.25) is 5.91 Å². The minimum Gasteiger partial charge on any atom is -0.497 e. The molecule has 0 aromatic heterocycles. The fourth-order valence-electron chi connectivity index (χ4n) is 1.99. The van der Waals surface area contributed by atoms with Crippen LogP contribution in [0.15, 0.2) is 48.5 Å². The Morgan fingerprint density at radius 3 is 2.68 bits per heavy atom. The molecule has 0 saturated carbocycles. The van der Waals surface area contributed by atoms with Crippen molar-refractivity contribution in [2.75, 3.05) is 12.4 Å². The molecule has 0 fully saturated rings. The third-order valence-electron chi connectivity index (χ3n) is 3.16. The van der Waals surface area contributed by atoms with Gasteiger partial charge in [0.25, 0.3) is 0 Å². The number of ether oxygens (including phenoxy) is 1. The lowest BCUT2D eigenvalue weighted by Crippen LogP contribution is -2.23. The van der Waals surface area contributed by atoms with Crippen molar-refractivity contribution in [2.24, 2.45) is 5.92 Å². The van der Waals surface area contributed by atoms with Gasteiger partial charge in [0.1, 0.15) is 17.5 Å². The molecule has 0 aliphatic heterocycles. The lowest BCUT2D eigenvalue weighted by atomic mass is 9.99. The Labute approximate surface area is 128 Å². The first-order chi connectivity index (χ1) is 10.6. The number of methoxy groups -OCH3 is 1. The minimum absolute atomic E-state index is 0.279. The van der Waals surface area contributed by atoms with Gasteiger partial charge in [-0.1, -0.05) is 12.1 Å². The number of halogens is 1. The van der Waals surface area contributed by atoms with E-state index >= 15 is 0 Å². The van der Waals surface area contributed by atoms with E-state index < -0.39 is 11.8 Å². The Hall–Kier alpha value is -2.87. The van der Waals surface area contributed by atoms with Gasteiger partial charge in [-0.3, -0.25) is 4.79 Å². The molecule has 22 heavy (non-hydrogen) atoms. The fourth-order valence-corrected chi connectivity index (χ4v) is 1.99. The zero-order chi connectivity index (χ0) is 15.9. The second-order valence-corrected chi connectivity index (χ2v) is 4.73. The van der Waals surface area contributed by atoms with E-state index in [-0.39, 0.29) is 12.2 Å². The molecule has 0 radical (unpaired) electrons. The summed E-state index contributed by atoms with van der Waals surface area (Å²) in [5.41, 5.74) is 1.29. The Balaban J connectivity index is 2.05. The molecule has 1 amide bonds. The third kappa shape index (κ3) is 4.06. The van der Waals surface area contributed by atoms with Crippen LogP contribution in [0.5, 0.6) is 5.75 Å². The first-order valence-corrected chi connectivity index (χ1v) is 6.71. The molecule has 2 rings (SSSR count). The number of anilines is 1. The van der Waals surface area contributed by atoms with Gasteiger partial charge >= 0.3 is 0 Å². The van der Waals surface area contributed by atoms with Crippen LogP contribution in [0.4, 0.5) is 10.1 Å². The number of rotatable bonds is 5. The van der Waals surface area contributed by atoms with Crippen LogP contribution in [0.1, 0.15) is 5.56 Å². The standard InChI is InChI=1S/C17H15FN2O2/c1-22-16-4-2-3-12(10-16)9-13(11-19)17(21)20-15-7-5-14(18)6-8-15/h2-8,10,13H,9H2,1H3,(H,20,21). The van der Waals surface area contributed by atoms with E-state index in [1.165, 1.54) is 24.3 Å². The van der Waals surface area contributed by atoms with Gasteiger partial charge in [-0.2, -0.15) is 5.26 Å². The van der Waals surface area contributed by atoms with Gasteiger partial charge < -0.3 is 10.1 Å². The molecule has 0 heterocycles. The van der Waals surface area contributed by atoms with Crippen molar-refractivity contribution in [3.8, 4) is 11.8 Å². The summed E-state index contributed by atoms with van der Waals surface area (Å²) < 4.78 is 17.9. The molecule has 112 valence electrons. The lowest BCUT2D eigenvalue weighted by Gasteiger charge is -2.11. The van der Waals surface area contributed by atoms with E-state index in [0.717, 1.165) is 5.56 Å². The summed E-state index contributed by atoms with van der Waals surface area (Å²) in [6.07, 6.45) is 0.279. The van der Waals surface area contributed by atoms with Crippen molar-refractivity contribution >= 4 is 11.6 Å². The Morgan fingerprint density at radius 1 is 1.32 bits per heavy atom. The molecule has 0 spiro atoms. The topological polar surface area (TPSA) is 62.1 Å². The van der Waals surface area contributed by atoms with E-state index in [1.54, 1.807) is 25.3 Å². The number of benzene rings is 2. The predicted octanol–water partition coefficient (Wildman–Crippen LogP) is 3.16. The minimum atomic E-state index is -0.836. The van der Waals surface area contributed by atoms with Gasteiger partial charge in [-0.05, 0) is 48.4 Å². The first-order valence-electron chi connectivity index (χ1n) is 6.71. The Bertz CT molecular complexity index is 693. The van der Waals surface area contributed by atoms with Crippen molar-refractivity contribution in [3.05, 3.63) is 59.9 Å². The summed E-state index contributed by atoms with van der Waals surface area (Å²) in [6, 6.07) is 14.6.